The van der Waals surface area contributed by atoms with Crippen molar-refractivity contribution in [3.8, 4) is 22.0 Å². The molecule has 1 unspecified atom stereocenters. The summed E-state index contributed by atoms with van der Waals surface area (Å²) in [5.74, 6) is 0.402. The Bertz CT molecular complexity index is 1040. The number of aromatic hydroxyl groups is 1. The van der Waals surface area contributed by atoms with Crippen LogP contribution in [0.15, 0.2) is 36.9 Å². The molecule has 1 aliphatic heterocycles. The van der Waals surface area contributed by atoms with Gasteiger partial charge in [-0.2, -0.15) is 0 Å². The highest BCUT2D eigenvalue weighted by Crippen LogP contribution is 2.50. The van der Waals surface area contributed by atoms with Gasteiger partial charge in [0, 0.05) is 32.1 Å². The van der Waals surface area contributed by atoms with Gasteiger partial charge >= 0.3 is 0 Å². The quantitative estimate of drug-likeness (QED) is 0.708. The van der Waals surface area contributed by atoms with E-state index in [-0.39, 0.29) is 17.7 Å². The molecule has 0 amide bonds. The fourth-order valence-corrected chi connectivity index (χ4v) is 5.73. The van der Waals surface area contributed by atoms with E-state index in [1.807, 2.05) is 48.8 Å². The molecule has 3 heterocycles. The van der Waals surface area contributed by atoms with Gasteiger partial charge < -0.3 is 14.6 Å². The minimum Gasteiger partial charge on any atom is -0.507 e. The number of fused-ring (bicyclic) bond motifs is 2. The lowest BCUT2D eigenvalue weighted by molar-refractivity contribution is 0.0573. The number of hydrogen-bond donors (Lipinski definition) is 1. The average Bonchev–Trinajstić information content (AvgIpc) is 3.45. The van der Waals surface area contributed by atoms with Crippen molar-refractivity contribution in [2.45, 2.75) is 31.1 Å². The molecule has 1 aliphatic carbocycles. The summed E-state index contributed by atoms with van der Waals surface area (Å²) in [6.07, 6.45) is 5.10. The van der Waals surface area contributed by atoms with Crippen molar-refractivity contribution in [3.05, 3.63) is 36.9 Å². The molecule has 2 fully saturated rings. The SMILES string of the molecule is CN(c1nnc(-c2ccc(-n3ccnc3)cc2O)s1)[C@@H]1C2CN(C)[C@](C)(C2)[C@H]1F. The highest BCUT2D eigenvalue weighted by Gasteiger charge is 2.60. The maximum atomic E-state index is 15.3. The number of piperidine rings is 1. The second-order valence-corrected chi connectivity index (χ2v) is 9.22. The van der Waals surface area contributed by atoms with Crippen molar-refractivity contribution in [1.29, 1.82) is 0 Å². The first-order valence-electron chi connectivity index (χ1n) is 9.62. The molecule has 7 nitrogen and oxygen atoms in total. The maximum absolute atomic E-state index is 15.3. The summed E-state index contributed by atoms with van der Waals surface area (Å²) in [5.41, 5.74) is 1.02. The van der Waals surface area contributed by atoms with Crippen LogP contribution in [0.25, 0.3) is 16.3 Å². The van der Waals surface area contributed by atoms with E-state index in [4.69, 9.17) is 0 Å². The number of likely N-dealkylation sites (tertiary alicyclic amines) is 1. The summed E-state index contributed by atoms with van der Waals surface area (Å²) in [6.45, 7) is 2.91. The first-order chi connectivity index (χ1) is 13.9. The fraction of sp³-hybridized carbons (Fsp3) is 0.450. The third-order valence-corrected chi connectivity index (χ3v) is 7.66. The van der Waals surface area contributed by atoms with E-state index >= 15 is 4.39 Å². The van der Waals surface area contributed by atoms with Crippen LogP contribution >= 0.6 is 11.3 Å². The molecule has 152 valence electrons. The monoisotopic (exact) mass is 414 g/mol. The van der Waals surface area contributed by atoms with Crippen LogP contribution < -0.4 is 4.90 Å². The zero-order chi connectivity index (χ0) is 20.3. The van der Waals surface area contributed by atoms with E-state index in [0.29, 0.717) is 15.7 Å². The van der Waals surface area contributed by atoms with Crippen molar-refractivity contribution in [3.63, 3.8) is 0 Å². The predicted molar refractivity (Wildman–Crippen MR) is 110 cm³/mol. The number of anilines is 1. The van der Waals surface area contributed by atoms with Gasteiger partial charge in [-0.25, -0.2) is 9.37 Å². The Morgan fingerprint density at radius 3 is 2.83 bits per heavy atom. The van der Waals surface area contributed by atoms with E-state index in [2.05, 4.69) is 20.1 Å². The second kappa shape index (κ2) is 6.50. The van der Waals surface area contributed by atoms with Crippen molar-refractivity contribution in [2.24, 2.45) is 5.92 Å². The molecule has 2 aromatic heterocycles. The summed E-state index contributed by atoms with van der Waals surface area (Å²) < 4.78 is 17.1. The van der Waals surface area contributed by atoms with E-state index in [0.717, 1.165) is 18.7 Å². The molecule has 0 spiro atoms. The van der Waals surface area contributed by atoms with Crippen molar-refractivity contribution >= 4 is 16.5 Å². The van der Waals surface area contributed by atoms with Crippen LogP contribution in [0.2, 0.25) is 0 Å². The van der Waals surface area contributed by atoms with Crippen LogP contribution in [0.1, 0.15) is 13.3 Å². The molecular formula is C20H23FN6OS. The van der Waals surface area contributed by atoms with Gasteiger partial charge in [0.05, 0.1) is 29.2 Å². The Labute approximate surface area is 172 Å². The Morgan fingerprint density at radius 2 is 2.17 bits per heavy atom. The summed E-state index contributed by atoms with van der Waals surface area (Å²) in [6, 6.07) is 5.19. The zero-order valence-corrected chi connectivity index (χ0v) is 17.3. The van der Waals surface area contributed by atoms with E-state index in [1.54, 1.807) is 18.6 Å². The number of aromatic nitrogens is 4. The third-order valence-electron chi connectivity index (χ3n) is 6.61. The van der Waals surface area contributed by atoms with Crippen LogP contribution in [0, 0.1) is 5.92 Å². The number of hydrogen-bond acceptors (Lipinski definition) is 7. The Kier molecular flexibility index (Phi) is 4.15. The summed E-state index contributed by atoms with van der Waals surface area (Å²) in [5, 5.41) is 20.4. The maximum Gasteiger partial charge on any atom is 0.208 e. The minimum absolute atomic E-state index is 0.124. The number of benzene rings is 1. The third kappa shape index (κ3) is 2.75. The first-order valence-corrected chi connectivity index (χ1v) is 10.4. The summed E-state index contributed by atoms with van der Waals surface area (Å²) in [7, 11) is 3.90. The lowest BCUT2D eigenvalue weighted by Gasteiger charge is -2.42. The highest BCUT2D eigenvalue weighted by atomic mass is 32.1. The molecule has 0 radical (unpaired) electrons. The number of rotatable bonds is 4. The second-order valence-electron chi connectivity index (χ2n) is 8.27. The Hall–Kier alpha value is -2.52. The lowest BCUT2D eigenvalue weighted by Crippen LogP contribution is -2.57. The normalized spacial score (nSPS) is 28.9. The van der Waals surface area contributed by atoms with Crippen molar-refractivity contribution in [1.82, 2.24) is 24.6 Å². The molecule has 3 aromatic rings. The highest BCUT2D eigenvalue weighted by molar-refractivity contribution is 7.18. The van der Waals surface area contributed by atoms with E-state index < -0.39 is 11.7 Å². The van der Waals surface area contributed by atoms with Crippen LogP contribution in [-0.2, 0) is 0 Å². The average molecular weight is 415 g/mol. The van der Waals surface area contributed by atoms with Gasteiger partial charge in [0.2, 0.25) is 5.13 Å². The molecule has 1 saturated heterocycles. The van der Waals surface area contributed by atoms with E-state index in [9.17, 15) is 5.11 Å². The minimum atomic E-state index is -0.938. The number of alkyl halides is 1. The molecule has 1 aromatic carbocycles. The number of phenols is 1. The van der Waals surface area contributed by atoms with Gasteiger partial charge in [-0.3, -0.25) is 4.90 Å². The summed E-state index contributed by atoms with van der Waals surface area (Å²) >= 11 is 1.37. The summed E-state index contributed by atoms with van der Waals surface area (Å²) in [4.78, 5) is 8.10. The number of phenolic OH excluding ortho intramolecular Hbond substituents is 1. The number of imidazole rings is 1. The standard InChI is InChI=1S/C20H23FN6OS/c1-20-9-12(10-25(20)2)16(17(20)21)26(3)19-24-23-18(29-19)14-5-4-13(8-15(14)28)27-7-6-22-11-27/h4-8,11-12,16-17,28H,9-10H2,1-3H3/t12?,16-,17+,20-/m1/s1. The van der Waals surface area contributed by atoms with Crippen LogP contribution in [0.5, 0.6) is 5.75 Å². The number of halogens is 1. The van der Waals surface area contributed by atoms with Crippen LogP contribution in [0.3, 0.4) is 0 Å². The van der Waals surface area contributed by atoms with Gasteiger partial charge in [-0.15, -0.1) is 10.2 Å². The van der Waals surface area contributed by atoms with Crippen molar-refractivity contribution < 1.29 is 9.50 Å². The van der Waals surface area contributed by atoms with Gasteiger partial charge in [-0.05, 0) is 38.4 Å². The smallest absolute Gasteiger partial charge is 0.208 e. The molecule has 2 bridgehead atoms. The first kappa shape index (κ1) is 18.5. The lowest BCUT2D eigenvalue weighted by atomic mass is 9.95. The molecular weight excluding hydrogens is 391 g/mol. The predicted octanol–water partition coefficient (Wildman–Crippen LogP) is 2.96. The largest absolute Gasteiger partial charge is 0.507 e. The van der Waals surface area contributed by atoms with Crippen LogP contribution in [0.4, 0.5) is 9.52 Å². The van der Waals surface area contributed by atoms with Gasteiger partial charge in [0.15, 0.2) is 5.01 Å². The van der Waals surface area contributed by atoms with Crippen molar-refractivity contribution in [2.75, 3.05) is 25.5 Å². The van der Waals surface area contributed by atoms with Gasteiger partial charge in [-0.1, -0.05) is 11.3 Å². The molecule has 9 heteroatoms. The zero-order valence-electron chi connectivity index (χ0n) is 16.5. The molecule has 2 aliphatic rings. The van der Waals surface area contributed by atoms with E-state index in [1.165, 1.54) is 11.3 Å². The van der Waals surface area contributed by atoms with Gasteiger partial charge in [0.25, 0.3) is 0 Å². The Balaban J connectivity index is 1.40. The Morgan fingerprint density at radius 1 is 1.34 bits per heavy atom. The molecule has 29 heavy (non-hydrogen) atoms. The molecule has 4 atom stereocenters. The van der Waals surface area contributed by atoms with Crippen LogP contribution in [-0.4, -0.2) is 68.1 Å². The fourth-order valence-electron chi connectivity index (χ4n) is 4.85. The topological polar surface area (TPSA) is 70.3 Å². The molecule has 1 saturated carbocycles. The molecule has 5 rings (SSSR count). The van der Waals surface area contributed by atoms with Gasteiger partial charge in [0.1, 0.15) is 11.9 Å². The molecule has 1 N–H and O–H groups in total. The number of nitrogens with zero attached hydrogens (tertiary/aromatic N) is 6.